The summed E-state index contributed by atoms with van der Waals surface area (Å²) < 4.78 is 0. The second-order valence-electron chi connectivity index (χ2n) is 4.56. The number of aromatic amines is 2. The van der Waals surface area contributed by atoms with E-state index in [1.165, 1.54) is 17.5 Å². The molecule has 1 fully saturated rings. The molecule has 0 radical (unpaired) electrons. The summed E-state index contributed by atoms with van der Waals surface area (Å²) in [5.74, 6) is 0. The van der Waals surface area contributed by atoms with Crippen LogP contribution < -0.4 is 4.90 Å². The molecule has 5 nitrogen and oxygen atoms in total. The Balaban J connectivity index is 1.98. The van der Waals surface area contributed by atoms with E-state index in [0.29, 0.717) is 0 Å². The Kier molecular flexibility index (Phi) is 1.94. The van der Waals surface area contributed by atoms with Gasteiger partial charge < -0.3 is 9.88 Å². The largest absolute Gasteiger partial charge is 0.371 e. The lowest BCUT2D eigenvalue weighted by Gasteiger charge is -2.33. The zero-order valence-corrected chi connectivity index (χ0v) is 9.85. The van der Waals surface area contributed by atoms with Gasteiger partial charge in [-0.05, 0) is 18.6 Å². The zero-order chi connectivity index (χ0) is 11.9. The van der Waals surface area contributed by atoms with E-state index in [2.05, 4.69) is 31.1 Å². The Bertz CT molecular complexity index is 679. The molecule has 1 saturated heterocycles. The highest BCUT2D eigenvalue weighted by Gasteiger charge is 2.20. The lowest BCUT2D eigenvalue weighted by atomic mass is 10.1. The van der Waals surface area contributed by atoms with Gasteiger partial charge in [-0.15, -0.1) is 0 Å². The number of anilines is 1. The van der Waals surface area contributed by atoms with Gasteiger partial charge in [0.2, 0.25) is 0 Å². The van der Waals surface area contributed by atoms with Crippen LogP contribution in [0.1, 0.15) is 6.42 Å². The third-order valence-corrected chi connectivity index (χ3v) is 3.52. The summed E-state index contributed by atoms with van der Waals surface area (Å²) in [6.07, 6.45) is 6.96. The molecule has 0 bridgehead atoms. The quantitative estimate of drug-likeness (QED) is 0.720. The molecule has 4 rings (SSSR count). The first-order chi connectivity index (χ1) is 8.93. The first kappa shape index (κ1) is 9.70. The van der Waals surface area contributed by atoms with E-state index in [0.717, 1.165) is 30.0 Å². The van der Waals surface area contributed by atoms with E-state index in [-0.39, 0.29) is 0 Å². The van der Waals surface area contributed by atoms with Crippen molar-refractivity contribution in [2.24, 2.45) is 0 Å². The first-order valence-electron chi connectivity index (χ1n) is 6.15. The number of fused-ring (bicyclic) bond motifs is 1. The van der Waals surface area contributed by atoms with Crippen molar-refractivity contribution in [1.29, 1.82) is 0 Å². The van der Waals surface area contributed by atoms with Crippen LogP contribution in [0.15, 0.2) is 30.7 Å². The molecule has 0 atom stereocenters. The molecule has 0 saturated carbocycles. The van der Waals surface area contributed by atoms with Gasteiger partial charge in [-0.25, -0.2) is 4.98 Å². The van der Waals surface area contributed by atoms with E-state index in [9.17, 15) is 0 Å². The van der Waals surface area contributed by atoms with Gasteiger partial charge in [0.1, 0.15) is 5.65 Å². The number of rotatable bonds is 2. The Morgan fingerprint density at radius 2 is 2.17 bits per heavy atom. The molecule has 1 aliphatic heterocycles. The fourth-order valence-corrected chi connectivity index (χ4v) is 2.47. The van der Waals surface area contributed by atoms with Crippen LogP contribution in [0, 0.1) is 0 Å². The average Bonchev–Trinajstić information content (AvgIpc) is 2.95. The van der Waals surface area contributed by atoms with Gasteiger partial charge in [0, 0.05) is 42.9 Å². The minimum Gasteiger partial charge on any atom is -0.371 e. The molecule has 18 heavy (non-hydrogen) atoms. The Hall–Kier alpha value is -2.30. The summed E-state index contributed by atoms with van der Waals surface area (Å²) in [5, 5.41) is 8.29. The summed E-state index contributed by atoms with van der Waals surface area (Å²) in [6.45, 7) is 2.26. The van der Waals surface area contributed by atoms with Crippen molar-refractivity contribution in [3.63, 3.8) is 0 Å². The second kappa shape index (κ2) is 3.60. The zero-order valence-electron chi connectivity index (χ0n) is 9.85. The highest BCUT2D eigenvalue weighted by Crippen LogP contribution is 2.35. The van der Waals surface area contributed by atoms with Crippen molar-refractivity contribution in [3.05, 3.63) is 30.7 Å². The molecule has 3 aromatic heterocycles. The standard InChI is InChI=1S/C13H13N5/c1-6-18(7-1)11-3-4-14-13-12(11)9(8-15-13)10-2-5-16-17-10/h2-5,8H,1,6-7H2,(H,14,15)(H,16,17). The normalized spacial score (nSPS) is 15.0. The summed E-state index contributed by atoms with van der Waals surface area (Å²) in [5.41, 5.74) is 4.25. The molecular weight excluding hydrogens is 226 g/mol. The molecule has 4 heterocycles. The predicted octanol–water partition coefficient (Wildman–Crippen LogP) is 2.16. The van der Waals surface area contributed by atoms with Crippen molar-refractivity contribution in [2.75, 3.05) is 18.0 Å². The Morgan fingerprint density at radius 3 is 2.89 bits per heavy atom. The number of nitrogens with one attached hydrogen (secondary N) is 2. The van der Waals surface area contributed by atoms with Crippen LogP contribution in [0.5, 0.6) is 0 Å². The number of aromatic nitrogens is 4. The number of hydrogen-bond donors (Lipinski definition) is 2. The molecule has 1 aliphatic rings. The summed E-state index contributed by atoms with van der Waals surface area (Å²) >= 11 is 0. The third-order valence-electron chi connectivity index (χ3n) is 3.52. The maximum Gasteiger partial charge on any atom is 0.140 e. The third kappa shape index (κ3) is 1.27. The van der Waals surface area contributed by atoms with E-state index in [1.807, 2.05) is 24.7 Å². The van der Waals surface area contributed by atoms with Gasteiger partial charge in [-0.2, -0.15) is 5.10 Å². The average molecular weight is 239 g/mol. The topological polar surface area (TPSA) is 60.6 Å². The van der Waals surface area contributed by atoms with Crippen molar-refractivity contribution in [1.82, 2.24) is 20.2 Å². The predicted molar refractivity (Wildman–Crippen MR) is 70.5 cm³/mol. The van der Waals surface area contributed by atoms with Gasteiger partial charge in [0.15, 0.2) is 0 Å². The van der Waals surface area contributed by atoms with E-state index in [1.54, 1.807) is 0 Å². The van der Waals surface area contributed by atoms with Gasteiger partial charge in [0.25, 0.3) is 0 Å². The molecule has 0 aromatic carbocycles. The fraction of sp³-hybridized carbons (Fsp3) is 0.231. The van der Waals surface area contributed by atoms with Crippen LogP contribution in [0.25, 0.3) is 22.3 Å². The fourth-order valence-electron chi connectivity index (χ4n) is 2.47. The monoisotopic (exact) mass is 239 g/mol. The smallest absolute Gasteiger partial charge is 0.140 e. The summed E-state index contributed by atoms with van der Waals surface area (Å²) in [4.78, 5) is 10.0. The van der Waals surface area contributed by atoms with E-state index in [4.69, 9.17) is 0 Å². The summed E-state index contributed by atoms with van der Waals surface area (Å²) in [6, 6.07) is 4.07. The van der Waals surface area contributed by atoms with Crippen molar-refractivity contribution in [3.8, 4) is 11.3 Å². The maximum atomic E-state index is 4.39. The Labute approximate surface area is 104 Å². The van der Waals surface area contributed by atoms with Gasteiger partial charge >= 0.3 is 0 Å². The number of nitrogens with zero attached hydrogens (tertiary/aromatic N) is 3. The number of hydrogen-bond acceptors (Lipinski definition) is 3. The summed E-state index contributed by atoms with van der Waals surface area (Å²) in [7, 11) is 0. The minimum absolute atomic E-state index is 0.928. The lowest BCUT2D eigenvalue weighted by molar-refractivity contribution is 0.619. The molecule has 5 heteroatoms. The van der Waals surface area contributed by atoms with Gasteiger partial charge in [-0.1, -0.05) is 0 Å². The molecule has 0 amide bonds. The number of pyridine rings is 1. The molecule has 2 N–H and O–H groups in total. The minimum atomic E-state index is 0.928. The lowest BCUT2D eigenvalue weighted by Crippen LogP contribution is -2.37. The first-order valence-corrected chi connectivity index (χ1v) is 6.15. The van der Waals surface area contributed by atoms with Crippen LogP contribution in [0.3, 0.4) is 0 Å². The molecule has 0 spiro atoms. The van der Waals surface area contributed by atoms with Crippen molar-refractivity contribution < 1.29 is 0 Å². The Morgan fingerprint density at radius 1 is 1.22 bits per heavy atom. The highest BCUT2D eigenvalue weighted by molar-refractivity contribution is 6.02. The molecule has 3 aromatic rings. The maximum absolute atomic E-state index is 4.39. The van der Waals surface area contributed by atoms with Crippen molar-refractivity contribution in [2.45, 2.75) is 6.42 Å². The second-order valence-corrected chi connectivity index (χ2v) is 4.56. The van der Waals surface area contributed by atoms with E-state index >= 15 is 0 Å². The van der Waals surface area contributed by atoms with Crippen LogP contribution in [0.4, 0.5) is 5.69 Å². The molecule has 0 aliphatic carbocycles. The number of H-pyrrole nitrogens is 2. The molecule has 0 unspecified atom stereocenters. The molecule has 90 valence electrons. The highest BCUT2D eigenvalue weighted by atomic mass is 15.2. The van der Waals surface area contributed by atoms with Crippen LogP contribution in [-0.4, -0.2) is 33.3 Å². The van der Waals surface area contributed by atoms with Crippen LogP contribution >= 0.6 is 0 Å². The SMILES string of the molecule is c1cc(N2CCC2)c2c(-c3cc[nH]n3)c[nH]c2n1. The van der Waals surface area contributed by atoms with Crippen molar-refractivity contribution >= 4 is 16.7 Å². The van der Waals surface area contributed by atoms with Gasteiger partial charge in [-0.3, -0.25) is 5.10 Å². The van der Waals surface area contributed by atoms with Crippen LogP contribution in [-0.2, 0) is 0 Å². The molecular formula is C13H13N5. The van der Waals surface area contributed by atoms with Gasteiger partial charge in [0.05, 0.1) is 11.1 Å². The van der Waals surface area contributed by atoms with Crippen LogP contribution in [0.2, 0.25) is 0 Å². The van der Waals surface area contributed by atoms with E-state index < -0.39 is 0 Å².